The molecule has 6 heteroatoms. The number of hydrogen-bond donors (Lipinski definition) is 2. The van der Waals surface area contributed by atoms with Crippen molar-refractivity contribution in [1.29, 1.82) is 0 Å². The van der Waals surface area contributed by atoms with E-state index in [2.05, 4.69) is 5.32 Å². The summed E-state index contributed by atoms with van der Waals surface area (Å²) in [7, 11) is 0. The highest BCUT2D eigenvalue weighted by molar-refractivity contribution is 5.79. The number of nitrogens with zero attached hydrogens (tertiary/aromatic N) is 1. The molecule has 1 aliphatic heterocycles. The molecule has 0 aromatic heterocycles. The summed E-state index contributed by atoms with van der Waals surface area (Å²) < 4.78 is 0. The summed E-state index contributed by atoms with van der Waals surface area (Å²) in [6, 6.07) is 0. The SMILES string of the molecule is O=C(O)CCCCC(=O)NCCC(=O)N1CCCC1. The molecule has 1 fully saturated rings. The van der Waals surface area contributed by atoms with Gasteiger partial charge in [-0.15, -0.1) is 0 Å². The number of rotatable bonds is 8. The average molecular weight is 270 g/mol. The maximum absolute atomic E-state index is 11.7. The fourth-order valence-corrected chi connectivity index (χ4v) is 2.08. The smallest absolute Gasteiger partial charge is 0.303 e. The lowest BCUT2D eigenvalue weighted by atomic mass is 10.2. The van der Waals surface area contributed by atoms with Crippen LogP contribution in [0.4, 0.5) is 0 Å². The first-order valence-corrected chi connectivity index (χ1v) is 6.86. The van der Waals surface area contributed by atoms with Crippen LogP contribution >= 0.6 is 0 Å². The zero-order chi connectivity index (χ0) is 14.1. The van der Waals surface area contributed by atoms with Crippen LogP contribution in [-0.4, -0.2) is 47.4 Å². The highest BCUT2D eigenvalue weighted by Crippen LogP contribution is 2.08. The molecule has 0 bridgehead atoms. The first-order valence-electron chi connectivity index (χ1n) is 6.86. The Kier molecular flexibility index (Phi) is 6.92. The van der Waals surface area contributed by atoms with Crippen LogP contribution in [0.5, 0.6) is 0 Å². The third-order valence-electron chi connectivity index (χ3n) is 3.16. The van der Waals surface area contributed by atoms with Gasteiger partial charge >= 0.3 is 5.97 Å². The normalized spacial score (nSPS) is 14.4. The topological polar surface area (TPSA) is 86.7 Å². The lowest BCUT2D eigenvalue weighted by Crippen LogP contribution is -2.32. The van der Waals surface area contributed by atoms with Gasteiger partial charge in [0.05, 0.1) is 0 Å². The number of unbranched alkanes of at least 4 members (excludes halogenated alkanes) is 1. The minimum Gasteiger partial charge on any atom is -0.481 e. The Morgan fingerprint density at radius 2 is 1.63 bits per heavy atom. The van der Waals surface area contributed by atoms with Crippen LogP contribution < -0.4 is 5.32 Å². The second kappa shape index (κ2) is 8.50. The van der Waals surface area contributed by atoms with Crippen molar-refractivity contribution in [2.45, 2.75) is 44.9 Å². The molecule has 0 spiro atoms. The quantitative estimate of drug-likeness (QED) is 0.637. The third kappa shape index (κ3) is 6.79. The fourth-order valence-electron chi connectivity index (χ4n) is 2.08. The van der Waals surface area contributed by atoms with E-state index in [9.17, 15) is 14.4 Å². The van der Waals surface area contributed by atoms with Gasteiger partial charge in [0, 0.05) is 38.9 Å². The number of carbonyl (C=O) groups excluding carboxylic acids is 2. The second-order valence-corrected chi connectivity index (χ2v) is 4.79. The van der Waals surface area contributed by atoms with E-state index >= 15 is 0 Å². The monoisotopic (exact) mass is 270 g/mol. The lowest BCUT2D eigenvalue weighted by Gasteiger charge is -2.15. The summed E-state index contributed by atoms with van der Waals surface area (Å²) in [5.41, 5.74) is 0. The number of carboxylic acids is 1. The number of amides is 2. The molecule has 1 saturated heterocycles. The summed E-state index contributed by atoms with van der Waals surface area (Å²) >= 11 is 0. The van der Waals surface area contributed by atoms with Crippen molar-refractivity contribution < 1.29 is 19.5 Å². The van der Waals surface area contributed by atoms with E-state index in [0.717, 1.165) is 25.9 Å². The summed E-state index contributed by atoms with van der Waals surface area (Å²) in [6.45, 7) is 2.04. The molecule has 6 nitrogen and oxygen atoms in total. The van der Waals surface area contributed by atoms with Crippen molar-refractivity contribution in [1.82, 2.24) is 10.2 Å². The Morgan fingerprint density at radius 3 is 2.26 bits per heavy atom. The highest BCUT2D eigenvalue weighted by atomic mass is 16.4. The number of aliphatic carboxylic acids is 1. The zero-order valence-electron chi connectivity index (χ0n) is 11.2. The van der Waals surface area contributed by atoms with E-state index in [4.69, 9.17) is 5.11 Å². The number of carboxylic acid groups (broad SMARTS) is 1. The summed E-state index contributed by atoms with van der Waals surface area (Å²) in [5.74, 6) is -0.847. The predicted molar refractivity (Wildman–Crippen MR) is 69.5 cm³/mol. The maximum atomic E-state index is 11.7. The van der Waals surface area contributed by atoms with Gasteiger partial charge < -0.3 is 15.3 Å². The van der Waals surface area contributed by atoms with Gasteiger partial charge in [-0.2, -0.15) is 0 Å². The number of nitrogens with one attached hydrogen (secondary N) is 1. The molecule has 1 aliphatic rings. The van der Waals surface area contributed by atoms with Crippen molar-refractivity contribution in [2.75, 3.05) is 19.6 Å². The number of likely N-dealkylation sites (tertiary alicyclic amines) is 1. The van der Waals surface area contributed by atoms with Crippen LogP contribution in [-0.2, 0) is 14.4 Å². The van der Waals surface area contributed by atoms with Gasteiger partial charge in [0.2, 0.25) is 11.8 Å². The first-order chi connectivity index (χ1) is 9.09. The highest BCUT2D eigenvalue weighted by Gasteiger charge is 2.17. The maximum Gasteiger partial charge on any atom is 0.303 e. The van der Waals surface area contributed by atoms with E-state index in [1.54, 1.807) is 0 Å². The van der Waals surface area contributed by atoms with E-state index in [1.165, 1.54) is 0 Å². The Balaban J connectivity index is 2.00. The first kappa shape index (κ1) is 15.5. The minimum atomic E-state index is -0.836. The fraction of sp³-hybridized carbons (Fsp3) is 0.769. The minimum absolute atomic E-state index is 0.0979. The number of hydrogen-bond acceptors (Lipinski definition) is 3. The Hall–Kier alpha value is -1.59. The van der Waals surface area contributed by atoms with Gasteiger partial charge in [-0.25, -0.2) is 0 Å². The summed E-state index contributed by atoms with van der Waals surface area (Å²) in [6.07, 6.45) is 3.99. The van der Waals surface area contributed by atoms with Crippen LogP contribution in [0.3, 0.4) is 0 Å². The average Bonchev–Trinajstić information content (AvgIpc) is 2.88. The standard InChI is InChI=1S/C13H22N2O4/c16-11(5-1-2-6-13(18)19)14-8-7-12(17)15-9-3-4-10-15/h1-10H2,(H,14,16)(H,18,19). The van der Waals surface area contributed by atoms with Gasteiger partial charge in [-0.1, -0.05) is 0 Å². The molecule has 1 rings (SSSR count). The van der Waals surface area contributed by atoms with Crippen LogP contribution in [0.1, 0.15) is 44.9 Å². The molecule has 2 N–H and O–H groups in total. The van der Waals surface area contributed by atoms with E-state index < -0.39 is 5.97 Å². The molecule has 0 saturated carbocycles. The van der Waals surface area contributed by atoms with E-state index in [-0.39, 0.29) is 18.2 Å². The molecule has 2 amide bonds. The van der Waals surface area contributed by atoms with Gasteiger partial charge in [0.15, 0.2) is 0 Å². The number of carbonyl (C=O) groups is 3. The molecule has 0 unspecified atom stereocenters. The van der Waals surface area contributed by atoms with E-state index in [1.807, 2.05) is 4.90 Å². The molecule has 0 radical (unpaired) electrons. The molecule has 108 valence electrons. The largest absolute Gasteiger partial charge is 0.481 e. The predicted octanol–water partition coefficient (Wildman–Crippen LogP) is 0.760. The van der Waals surface area contributed by atoms with Crippen molar-refractivity contribution in [3.8, 4) is 0 Å². The van der Waals surface area contributed by atoms with Gasteiger partial charge in [-0.3, -0.25) is 14.4 Å². The van der Waals surface area contributed by atoms with Crippen molar-refractivity contribution in [3.63, 3.8) is 0 Å². The molecular formula is C13H22N2O4. The molecule has 1 heterocycles. The summed E-state index contributed by atoms with van der Waals surface area (Å²) in [4.78, 5) is 35.2. The lowest BCUT2D eigenvalue weighted by molar-refractivity contribution is -0.137. The van der Waals surface area contributed by atoms with Gasteiger partial charge in [-0.05, 0) is 25.7 Å². The van der Waals surface area contributed by atoms with Crippen molar-refractivity contribution in [2.24, 2.45) is 0 Å². The Morgan fingerprint density at radius 1 is 1.00 bits per heavy atom. The third-order valence-corrected chi connectivity index (χ3v) is 3.16. The van der Waals surface area contributed by atoms with Crippen molar-refractivity contribution in [3.05, 3.63) is 0 Å². The molecule has 0 aliphatic carbocycles. The molecule has 0 aromatic carbocycles. The molecule has 0 aromatic rings. The van der Waals surface area contributed by atoms with Gasteiger partial charge in [0.25, 0.3) is 0 Å². The Bertz CT molecular complexity index is 325. The second-order valence-electron chi connectivity index (χ2n) is 4.79. The molecule has 0 atom stereocenters. The molecular weight excluding hydrogens is 248 g/mol. The van der Waals surface area contributed by atoms with E-state index in [0.29, 0.717) is 32.2 Å². The van der Waals surface area contributed by atoms with Crippen LogP contribution in [0.2, 0.25) is 0 Å². The zero-order valence-corrected chi connectivity index (χ0v) is 11.2. The van der Waals surface area contributed by atoms with Crippen LogP contribution in [0.15, 0.2) is 0 Å². The van der Waals surface area contributed by atoms with Crippen molar-refractivity contribution >= 4 is 17.8 Å². The summed E-state index contributed by atoms with van der Waals surface area (Å²) in [5, 5.41) is 11.1. The van der Waals surface area contributed by atoms with Gasteiger partial charge in [0.1, 0.15) is 0 Å². The molecule has 19 heavy (non-hydrogen) atoms. The van der Waals surface area contributed by atoms with Crippen LogP contribution in [0, 0.1) is 0 Å². The Labute approximate surface area is 113 Å². The van der Waals surface area contributed by atoms with Crippen LogP contribution in [0.25, 0.3) is 0 Å².